The molecule has 0 spiro atoms. The van der Waals surface area contributed by atoms with E-state index in [9.17, 15) is 4.79 Å². The Morgan fingerprint density at radius 3 is 2.53 bits per heavy atom. The Morgan fingerprint density at radius 1 is 1.17 bits per heavy atom. The topological polar surface area (TPSA) is 85.4 Å². The number of benzene rings is 2. The van der Waals surface area contributed by atoms with Gasteiger partial charge in [0.05, 0.1) is 12.1 Å². The molecule has 0 aliphatic heterocycles. The number of nitrogens with two attached hydrogens (primary N) is 1. The number of carbonyl (C=O) groups is 1. The molecular weight excluding hydrogens is 376 g/mol. The molecule has 0 saturated carbocycles. The molecule has 0 aliphatic carbocycles. The van der Waals surface area contributed by atoms with Gasteiger partial charge in [-0.25, -0.2) is 0 Å². The van der Waals surface area contributed by atoms with Crippen molar-refractivity contribution in [1.29, 1.82) is 0 Å². The van der Waals surface area contributed by atoms with Crippen molar-refractivity contribution in [3.63, 3.8) is 0 Å². The molecule has 158 valence electrons. The van der Waals surface area contributed by atoms with Gasteiger partial charge < -0.3 is 15.6 Å². The molecule has 0 bridgehead atoms. The van der Waals surface area contributed by atoms with Crippen molar-refractivity contribution >= 4 is 16.9 Å². The number of nitrogens with zero attached hydrogens (tertiary/aromatic N) is 1. The number of fused-ring (bicyclic) bond motifs is 1. The highest BCUT2D eigenvalue weighted by Gasteiger charge is 2.17. The predicted molar refractivity (Wildman–Crippen MR) is 121 cm³/mol. The number of carboxylic acids is 1. The van der Waals surface area contributed by atoms with Gasteiger partial charge in [-0.15, -0.1) is 0 Å². The van der Waals surface area contributed by atoms with Gasteiger partial charge in [0.1, 0.15) is 5.75 Å². The van der Waals surface area contributed by atoms with Crippen LogP contribution in [0.4, 0.5) is 0 Å². The number of hydrogen-bond acceptors (Lipinski definition) is 4. The summed E-state index contributed by atoms with van der Waals surface area (Å²) < 4.78 is 5.82. The first-order valence-electron chi connectivity index (χ1n) is 10.5. The first-order valence-corrected chi connectivity index (χ1v) is 10.5. The summed E-state index contributed by atoms with van der Waals surface area (Å²) in [4.78, 5) is 15.7. The van der Waals surface area contributed by atoms with Crippen LogP contribution in [0, 0.1) is 12.8 Å². The van der Waals surface area contributed by atoms with E-state index < -0.39 is 5.97 Å². The number of ether oxygens (including phenoxy) is 1. The average molecular weight is 407 g/mol. The van der Waals surface area contributed by atoms with E-state index in [0.717, 1.165) is 39.7 Å². The summed E-state index contributed by atoms with van der Waals surface area (Å²) in [6.45, 7) is 7.22. The second-order valence-electron chi connectivity index (χ2n) is 8.10. The fourth-order valence-electron chi connectivity index (χ4n) is 3.66. The molecule has 3 N–H and O–H groups in total. The zero-order valence-corrected chi connectivity index (χ0v) is 17.9. The third-order valence-corrected chi connectivity index (χ3v) is 5.09. The number of aryl methyl sites for hydroxylation is 1. The molecule has 5 nitrogen and oxygen atoms in total. The summed E-state index contributed by atoms with van der Waals surface area (Å²) in [6, 6.07) is 14.3. The minimum atomic E-state index is -0.812. The third kappa shape index (κ3) is 5.16. The van der Waals surface area contributed by atoms with Crippen molar-refractivity contribution in [2.24, 2.45) is 11.7 Å². The molecule has 0 aliphatic rings. The minimum absolute atomic E-state index is 0.0969. The van der Waals surface area contributed by atoms with E-state index >= 15 is 0 Å². The van der Waals surface area contributed by atoms with E-state index in [0.29, 0.717) is 31.2 Å². The standard InChI is InChI=1S/C25H30N2O3/c1-16(2)13-23-21(15-26)25(18-8-6-17(3)7-9-18)20-14-19(10-11-22(20)27-23)30-12-4-5-24(28)29/h6-11,14,16H,4-5,12-13,15,26H2,1-3H3,(H,28,29). The Morgan fingerprint density at radius 2 is 1.90 bits per heavy atom. The highest BCUT2D eigenvalue weighted by atomic mass is 16.5. The largest absolute Gasteiger partial charge is 0.494 e. The van der Waals surface area contributed by atoms with Gasteiger partial charge >= 0.3 is 5.97 Å². The Bertz CT molecular complexity index is 1030. The smallest absolute Gasteiger partial charge is 0.303 e. The van der Waals surface area contributed by atoms with Gasteiger partial charge in [0.15, 0.2) is 0 Å². The van der Waals surface area contributed by atoms with E-state index in [1.54, 1.807) is 0 Å². The maximum absolute atomic E-state index is 10.7. The number of rotatable bonds is 9. The summed E-state index contributed by atoms with van der Waals surface area (Å²) in [5, 5.41) is 9.81. The first-order chi connectivity index (χ1) is 14.4. The van der Waals surface area contributed by atoms with Crippen LogP contribution in [-0.4, -0.2) is 22.7 Å². The van der Waals surface area contributed by atoms with Crippen LogP contribution in [0.5, 0.6) is 5.75 Å². The normalized spacial score (nSPS) is 11.2. The SMILES string of the molecule is Cc1ccc(-c2c(CN)c(CC(C)C)nc3ccc(OCCCC(=O)O)cc23)cc1. The van der Waals surface area contributed by atoms with Crippen molar-refractivity contribution in [2.45, 2.75) is 46.6 Å². The van der Waals surface area contributed by atoms with Crippen LogP contribution in [0.2, 0.25) is 0 Å². The lowest BCUT2D eigenvalue weighted by molar-refractivity contribution is -0.137. The average Bonchev–Trinajstić information content (AvgIpc) is 2.70. The molecule has 1 heterocycles. The molecule has 0 unspecified atom stereocenters. The molecule has 3 aromatic rings. The molecule has 0 fully saturated rings. The lowest BCUT2D eigenvalue weighted by atomic mass is 9.91. The molecule has 30 heavy (non-hydrogen) atoms. The summed E-state index contributed by atoms with van der Waals surface area (Å²) >= 11 is 0. The molecule has 0 radical (unpaired) electrons. The quantitative estimate of drug-likeness (QED) is 0.482. The van der Waals surface area contributed by atoms with Crippen LogP contribution in [0.15, 0.2) is 42.5 Å². The predicted octanol–water partition coefficient (Wildman–Crippen LogP) is 5.11. The van der Waals surface area contributed by atoms with Gasteiger partial charge in [-0.2, -0.15) is 0 Å². The fourth-order valence-corrected chi connectivity index (χ4v) is 3.66. The van der Waals surface area contributed by atoms with Crippen LogP contribution in [-0.2, 0) is 17.8 Å². The van der Waals surface area contributed by atoms with Gasteiger partial charge in [-0.1, -0.05) is 43.7 Å². The maximum Gasteiger partial charge on any atom is 0.303 e. The molecule has 1 aromatic heterocycles. The molecule has 3 rings (SSSR count). The Labute approximate surface area is 177 Å². The van der Waals surface area contributed by atoms with Crippen LogP contribution >= 0.6 is 0 Å². The van der Waals surface area contributed by atoms with E-state index in [1.165, 1.54) is 5.56 Å². The van der Waals surface area contributed by atoms with E-state index in [2.05, 4.69) is 45.0 Å². The highest BCUT2D eigenvalue weighted by molar-refractivity contribution is 5.97. The number of hydrogen-bond donors (Lipinski definition) is 2. The van der Waals surface area contributed by atoms with Gasteiger partial charge in [0.25, 0.3) is 0 Å². The van der Waals surface area contributed by atoms with Crippen molar-refractivity contribution in [3.8, 4) is 16.9 Å². The molecule has 0 atom stereocenters. The number of pyridine rings is 1. The highest BCUT2D eigenvalue weighted by Crippen LogP contribution is 2.36. The zero-order valence-electron chi connectivity index (χ0n) is 17.9. The van der Waals surface area contributed by atoms with E-state index in [-0.39, 0.29) is 6.42 Å². The number of aliphatic carboxylic acids is 1. The Kier molecular flexibility index (Phi) is 7.06. The summed E-state index contributed by atoms with van der Waals surface area (Å²) in [7, 11) is 0. The minimum Gasteiger partial charge on any atom is -0.494 e. The second kappa shape index (κ2) is 9.72. The summed E-state index contributed by atoms with van der Waals surface area (Å²) in [5.74, 6) is 0.374. The second-order valence-corrected chi connectivity index (χ2v) is 8.10. The monoisotopic (exact) mass is 406 g/mol. The summed E-state index contributed by atoms with van der Waals surface area (Å²) in [5.41, 5.74) is 12.7. The van der Waals surface area contributed by atoms with Crippen molar-refractivity contribution in [1.82, 2.24) is 4.98 Å². The Balaban J connectivity index is 2.11. The van der Waals surface area contributed by atoms with Crippen LogP contribution in [0.3, 0.4) is 0 Å². The van der Waals surface area contributed by atoms with Gasteiger partial charge in [-0.3, -0.25) is 9.78 Å². The van der Waals surface area contributed by atoms with Crippen LogP contribution < -0.4 is 10.5 Å². The zero-order chi connectivity index (χ0) is 21.7. The lowest BCUT2D eigenvalue weighted by Gasteiger charge is -2.18. The van der Waals surface area contributed by atoms with E-state index in [1.807, 2.05) is 18.2 Å². The molecule has 5 heteroatoms. The molecule has 2 aromatic carbocycles. The number of aromatic nitrogens is 1. The van der Waals surface area contributed by atoms with Crippen molar-refractivity contribution in [3.05, 3.63) is 59.3 Å². The fraction of sp³-hybridized carbons (Fsp3) is 0.360. The lowest BCUT2D eigenvalue weighted by Crippen LogP contribution is -2.10. The molecule has 0 amide bonds. The van der Waals surface area contributed by atoms with Crippen molar-refractivity contribution in [2.75, 3.05) is 6.61 Å². The Hall–Kier alpha value is -2.92. The van der Waals surface area contributed by atoms with Gasteiger partial charge in [0, 0.05) is 24.0 Å². The first kappa shape index (κ1) is 21.8. The number of carboxylic acid groups (broad SMARTS) is 1. The van der Waals surface area contributed by atoms with Crippen molar-refractivity contribution < 1.29 is 14.6 Å². The maximum atomic E-state index is 10.7. The third-order valence-electron chi connectivity index (χ3n) is 5.09. The van der Waals surface area contributed by atoms with Gasteiger partial charge in [-0.05, 0) is 60.6 Å². The van der Waals surface area contributed by atoms with Gasteiger partial charge in [0.2, 0.25) is 0 Å². The summed E-state index contributed by atoms with van der Waals surface area (Å²) in [6.07, 6.45) is 1.44. The van der Waals surface area contributed by atoms with Crippen LogP contribution in [0.25, 0.3) is 22.0 Å². The van der Waals surface area contributed by atoms with Crippen LogP contribution in [0.1, 0.15) is 43.5 Å². The molecule has 0 saturated heterocycles. The molecular formula is C25H30N2O3. The van der Waals surface area contributed by atoms with E-state index in [4.69, 9.17) is 20.6 Å².